The number of aryl methyl sites for hydroxylation is 1. The van der Waals surface area contributed by atoms with Crippen molar-refractivity contribution in [3.05, 3.63) is 39.9 Å². The molecule has 0 unspecified atom stereocenters. The molecule has 2 N–H and O–H groups in total. The lowest BCUT2D eigenvalue weighted by Gasteiger charge is -2.11. The van der Waals surface area contributed by atoms with E-state index in [9.17, 15) is 4.79 Å². The average Bonchev–Trinajstić information content (AvgIpc) is 2.53. The Bertz CT molecular complexity index is 742. The Hall–Kier alpha value is -2.90. The summed E-state index contributed by atoms with van der Waals surface area (Å²) in [6.07, 6.45) is 1.60. The topological polar surface area (TPSA) is 101 Å². The summed E-state index contributed by atoms with van der Waals surface area (Å²) in [4.78, 5) is 14.9. The van der Waals surface area contributed by atoms with Crippen molar-refractivity contribution >= 4 is 12.0 Å². The van der Waals surface area contributed by atoms with E-state index in [4.69, 9.17) is 9.47 Å². The lowest BCUT2D eigenvalue weighted by molar-refractivity contribution is 0.288. The quantitative estimate of drug-likeness (QED) is 0.595. The van der Waals surface area contributed by atoms with Gasteiger partial charge in [-0.3, -0.25) is 5.43 Å². The third-order valence-corrected chi connectivity index (χ3v) is 2.83. The van der Waals surface area contributed by atoms with E-state index in [1.165, 1.54) is 0 Å². The molecule has 0 bridgehead atoms. The van der Waals surface area contributed by atoms with Crippen LogP contribution in [-0.4, -0.2) is 34.6 Å². The van der Waals surface area contributed by atoms with Gasteiger partial charge in [0.2, 0.25) is 0 Å². The van der Waals surface area contributed by atoms with Gasteiger partial charge in [-0.05, 0) is 44.5 Å². The minimum Gasteiger partial charge on any atom is -0.490 e. The van der Waals surface area contributed by atoms with Crippen molar-refractivity contribution in [1.29, 1.82) is 0 Å². The monoisotopic (exact) mass is 317 g/mol. The van der Waals surface area contributed by atoms with E-state index in [0.717, 1.165) is 5.56 Å². The molecule has 8 heteroatoms. The van der Waals surface area contributed by atoms with E-state index in [0.29, 0.717) is 36.2 Å². The number of ether oxygens (including phenoxy) is 2. The molecule has 0 aliphatic rings. The molecule has 1 aromatic carbocycles. The van der Waals surface area contributed by atoms with Crippen LogP contribution in [0.25, 0.3) is 0 Å². The molecule has 0 amide bonds. The fourth-order valence-electron chi connectivity index (χ4n) is 1.81. The maximum absolute atomic E-state index is 11.1. The Morgan fingerprint density at radius 2 is 2.00 bits per heavy atom. The van der Waals surface area contributed by atoms with Crippen LogP contribution in [0, 0.1) is 6.92 Å². The number of hydrazone groups is 1. The zero-order valence-electron chi connectivity index (χ0n) is 13.3. The first-order valence-electron chi connectivity index (χ1n) is 7.26. The Labute approximate surface area is 133 Å². The van der Waals surface area contributed by atoms with Crippen LogP contribution in [0.5, 0.6) is 11.5 Å². The number of hydrogen-bond acceptors (Lipinski definition) is 7. The van der Waals surface area contributed by atoms with Gasteiger partial charge < -0.3 is 9.47 Å². The van der Waals surface area contributed by atoms with Gasteiger partial charge in [-0.1, -0.05) is 0 Å². The van der Waals surface area contributed by atoms with Crippen LogP contribution in [0.1, 0.15) is 25.1 Å². The number of benzene rings is 1. The Balaban J connectivity index is 2.14. The highest BCUT2D eigenvalue weighted by atomic mass is 16.5. The number of nitrogens with zero attached hydrogens (tertiary/aromatic N) is 3. The number of aromatic amines is 1. The van der Waals surface area contributed by atoms with E-state index >= 15 is 0 Å². The van der Waals surface area contributed by atoms with Crippen molar-refractivity contribution in [1.82, 2.24) is 15.2 Å². The fourth-order valence-corrected chi connectivity index (χ4v) is 1.81. The smallest absolute Gasteiger partial charge is 0.363 e. The number of rotatable bonds is 7. The predicted molar refractivity (Wildman–Crippen MR) is 87.4 cm³/mol. The fraction of sp³-hybridized carbons (Fsp3) is 0.333. The van der Waals surface area contributed by atoms with E-state index in [1.807, 2.05) is 32.0 Å². The summed E-state index contributed by atoms with van der Waals surface area (Å²) in [6, 6.07) is 5.51. The van der Waals surface area contributed by atoms with Gasteiger partial charge in [0.15, 0.2) is 17.3 Å². The number of H-pyrrole nitrogens is 1. The first kappa shape index (κ1) is 16.5. The summed E-state index contributed by atoms with van der Waals surface area (Å²) in [5.41, 5.74) is 3.53. The van der Waals surface area contributed by atoms with Gasteiger partial charge >= 0.3 is 5.69 Å². The molecule has 2 aromatic rings. The molecule has 1 heterocycles. The van der Waals surface area contributed by atoms with Gasteiger partial charge in [0.1, 0.15) is 5.69 Å². The normalized spacial score (nSPS) is 10.7. The first-order chi connectivity index (χ1) is 11.1. The standard InChI is InChI=1S/C15H19N5O3/c1-4-22-12-7-6-11(8-13(12)23-5-2)9-16-19-14-10(3)18-20-15(21)17-14/h6-9H,4-5H2,1-3H3,(H2,17,19,20,21). The summed E-state index contributed by atoms with van der Waals surface area (Å²) in [5, 5.41) is 10.1. The minimum absolute atomic E-state index is 0.306. The molecule has 0 fully saturated rings. The average molecular weight is 317 g/mol. The molecule has 0 aliphatic heterocycles. The molecule has 122 valence electrons. The lowest BCUT2D eigenvalue weighted by atomic mass is 10.2. The highest BCUT2D eigenvalue weighted by Crippen LogP contribution is 2.27. The second-order valence-electron chi connectivity index (χ2n) is 4.52. The van der Waals surface area contributed by atoms with Crippen molar-refractivity contribution < 1.29 is 9.47 Å². The molecule has 0 spiro atoms. The van der Waals surface area contributed by atoms with Gasteiger partial charge in [0.05, 0.1) is 19.4 Å². The molecular weight excluding hydrogens is 298 g/mol. The highest BCUT2D eigenvalue weighted by molar-refractivity contribution is 5.81. The molecule has 0 atom stereocenters. The Kier molecular flexibility index (Phi) is 5.67. The molecule has 0 radical (unpaired) electrons. The molecular formula is C15H19N5O3. The maximum atomic E-state index is 11.1. The SMILES string of the molecule is CCOc1ccc(C=NNc2nc(=O)[nH]nc2C)cc1OCC. The first-order valence-corrected chi connectivity index (χ1v) is 7.26. The molecule has 0 saturated heterocycles. The predicted octanol–water partition coefficient (Wildman–Crippen LogP) is 1.72. The van der Waals surface area contributed by atoms with Crippen molar-refractivity contribution in [3.8, 4) is 11.5 Å². The van der Waals surface area contributed by atoms with Crippen LogP contribution in [0.2, 0.25) is 0 Å². The van der Waals surface area contributed by atoms with Gasteiger partial charge in [-0.25, -0.2) is 9.89 Å². The summed E-state index contributed by atoms with van der Waals surface area (Å²) < 4.78 is 11.1. The maximum Gasteiger partial charge on any atom is 0.363 e. The van der Waals surface area contributed by atoms with Crippen LogP contribution in [0.4, 0.5) is 5.82 Å². The number of hydrogen-bond donors (Lipinski definition) is 2. The Morgan fingerprint density at radius 1 is 1.26 bits per heavy atom. The van der Waals surface area contributed by atoms with E-state index < -0.39 is 5.69 Å². The third-order valence-electron chi connectivity index (χ3n) is 2.83. The van der Waals surface area contributed by atoms with Gasteiger partial charge in [-0.2, -0.15) is 15.2 Å². The van der Waals surface area contributed by atoms with Gasteiger partial charge in [0.25, 0.3) is 0 Å². The summed E-state index contributed by atoms with van der Waals surface area (Å²) in [7, 11) is 0. The summed E-state index contributed by atoms with van der Waals surface area (Å²) in [5.74, 6) is 1.65. The van der Waals surface area contributed by atoms with Crippen molar-refractivity contribution in [2.24, 2.45) is 5.10 Å². The highest BCUT2D eigenvalue weighted by Gasteiger charge is 2.05. The molecule has 8 nitrogen and oxygen atoms in total. The number of nitrogens with one attached hydrogen (secondary N) is 2. The van der Waals surface area contributed by atoms with Gasteiger partial charge in [0, 0.05) is 0 Å². The second kappa shape index (κ2) is 7.92. The largest absolute Gasteiger partial charge is 0.490 e. The van der Waals surface area contributed by atoms with E-state index in [2.05, 4.69) is 25.7 Å². The number of aromatic nitrogens is 3. The van der Waals surface area contributed by atoms with Crippen LogP contribution in [0.15, 0.2) is 28.1 Å². The molecule has 0 saturated carbocycles. The third kappa shape index (κ3) is 4.53. The van der Waals surface area contributed by atoms with E-state index in [-0.39, 0.29) is 0 Å². The lowest BCUT2D eigenvalue weighted by Crippen LogP contribution is -2.15. The summed E-state index contributed by atoms with van der Waals surface area (Å²) >= 11 is 0. The number of anilines is 1. The zero-order chi connectivity index (χ0) is 16.7. The Morgan fingerprint density at radius 3 is 2.74 bits per heavy atom. The second-order valence-corrected chi connectivity index (χ2v) is 4.52. The molecule has 1 aromatic heterocycles. The van der Waals surface area contributed by atoms with E-state index in [1.54, 1.807) is 13.1 Å². The van der Waals surface area contributed by atoms with Crippen molar-refractivity contribution in [2.45, 2.75) is 20.8 Å². The van der Waals surface area contributed by atoms with Crippen molar-refractivity contribution in [2.75, 3.05) is 18.6 Å². The molecule has 2 rings (SSSR count). The van der Waals surface area contributed by atoms with Crippen LogP contribution >= 0.6 is 0 Å². The summed E-state index contributed by atoms with van der Waals surface area (Å²) in [6.45, 7) is 6.65. The molecule has 0 aliphatic carbocycles. The van der Waals surface area contributed by atoms with Crippen molar-refractivity contribution in [3.63, 3.8) is 0 Å². The minimum atomic E-state index is -0.534. The molecule has 23 heavy (non-hydrogen) atoms. The zero-order valence-corrected chi connectivity index (χ0v) is 13.3. The van der Waals surface area contributed by atoms with Crippen LogP contribution < -0.4 is 20.6 Å². The van der Waals surface area contributed by atoms with Crippen LogP contribution in [-0.2, 0) is 0 Å². The van der Waals surface area contributed by atoms with Crippen LogP contribution in [0.3, 0.4) is 0 Å². The van der Waals surface area contributed by atoms with Gasteiger partial charge in [-0.15, -0.1) is 0 Å².